The number of rotatable bonds is 4. The number of hydrogen-bond donors (Lipinski definition) is 1. The Balaban J connectivity index is 2.66. The third kappa shape index (κ3) is 1.98. The zero-order valence-electron chi connectivity index (χ0n) is 7.42. The van der Waals surface area contributed by atoms with Gasteiger partial charge in [-0.1, -0.05) is 13.0 Å². The summed E-state index contributed by atoms with van der Waals surface area (Å²) >= 11 is 0. The Hall–Kier alpha value is -1.02. The van der Waals surface area contributed by atoms with Crippen LogP contribution in [0.15, 0.2) is 35.7 Å². The van der Waals surface area contributed by atoms with Crippen molar-refractivity contribution in [1.29, 1.82) is 0 Å². The largest absolute Gasteiger partial charge is 0.472 e. The molecule has 2 N–H and O–H groups in total. The Kier molecular flexibility index (Phi) is 2.71. The Morgan fingerprint density at radius 2 is 2.50 bits per heavy atom. The Morgan fingerprint density at radius 3 is 2.92 bits per heavy atom. The molecule has 1 aromatic heterocycles. The first-order valence-electron chi connectivity index (χ1n) is 4.05. The second-order valence-corrected chi connectivity index (χ2v) is 3.37. The molecule has 0 spiro atoms. The van der Waals surface area contributed by atoms with E-state index in [1.807, 2.05) is 12.1 Å². The molecule has 0 radical (unpaired) electrons. The van der Waals surface area contributed by atoms with Crippen molar-refractivity contribution in [2.75, 3.05) is 6.54 Å². The maximum atomic E-state index is 5.63. The van der Waals surface area contributed by atoms with Gasteiger partial charge in [0.1, 0.15) is 0 Å². The van der Waals surface area contributed by atoms with Gasteiger partial charge in [-0.15, -0.1) is 6.58 Å². The van der Waals surface area contributed by atoms with E-state index >= 15 is 0 Å². The standard InChI is InChI=1S/C10H15NO/c1-3-10(2,8-11)6-9-4-5-12-7-9/h3-5,7H,1,6,8,11H2,2H3. The molecule has 1 aromatic rings. The molecular weight excluding hydrogens is 150 g/mol. The van der Waals surface area contributed by atoms with Crippen molar-refractivity contribution in [1.82, 2.24) is 0 Å². The maximum Gasteiger partial charge on any atom is 0.0934 e. The van der Waals surface area contributed by atoms with Gasteiger partial charge in [0, 0.05) is 12.0 Å². The molecule has 0 saturated heterocycles. The van der Waals surface area contributed by atoms with E-state index in [0.29, 0.717) is 6.54 Å². The third-order valence-electron chi connectivity index (χ3n) is 2.15. The minimum absolute atomic E-state index is 0.0100. The molecule has 0 aliphatic heterocycles. The van der Waals surface area contributed by atoms with Crippen LogP contribution in [0.25, 0.3) is 0 Å². The van der Waals surface area contributed by atoms with E-state index in [-0.39, 0.29) is 5.41 Å². The normalized spacial score (nSPS) is 15.5. The van der Waals surface area contributed by atoms with Crippen molar-refractivity contribution in [3.8, 4) is 0 Å². The quantitative estimate of drug-likeness (QED) is 0.693. The van der Waals surface area contributed by atoms with Crippen molar-refractivity contribution >= 4 is 0 Å². The molecule has 0 amide bonds. The summed E-state index contributed by atoms with van der Waals surface area (Å²) in [4.78, 5) is 0. The highest BCUT2D eigenvalue weighted by Crippen LogP contribution is 2.22. The van der Waals surface area contributed by atoms with Gasteiger partial charge in [-0.2, -0.15) is 0 Å². The summed E-state index contributed by atoms with van der Waals surface area (Å²) in [6.45, 7) is 6.48. The minimum Gasteiger partial charge on any atom is -0.472 e. The minimum atomic E-state index is -0.0100. The van der Waals surface area contributed by atoms with E-state index in [2.05, 4.69) is 13.5 Å². The molecule has 1 heterocycles. The first kappa shape index (κ1) is 9.07. The lowest BCUT2D eigenvalue weighted by Gasteiger charge is -2.22. The van der Waals surface area contributed by atoms with E-state index in [1.54, 1.807) is 12.5 Å². The fraction of sp³-hybridized carbons (Fsp3) is 0.400. The molecule has 0 aliphatic rings. The number of nitrogens with two attached hydrogens (primary N) is 1. The van der Waals surface area contributed by atoms with Gasteiger partial charge in [-0.05, 0) is 18.1 Å². The van der Waals surface area contributed by atoms with Crippen LogP contribution in [0.1, 0.15) is 12.5 Å². The zero-order chi connectivity index (χ0) is 9.03. The van der Waals surface area contributed by atoms with Gasteiger partial charge in [-0.3, -0.25) is 0 Å². The Morgan fingerprint density at radius 1 is 1.75 bits per heavy atom. The van der Waals surface area contributed by atoms with Gasteiger partial charge >= 0.3 is 0 Å². The second kappa shape index (κ2) is 3.59. The summed E-state index contributed by atoms with van der Waals surface area (Å²) in [6.07, 6.45) is 6.22. The summed E-state index contributed by atoms with van der Waals surface area (Å²) in [7, 11) is 0. The number of furan rings is 1. The molecule has 2 heteroatoms. The summed E-state index contributed by atoms with van der Waals surface area (Å²) in [5, 5.41) is 0. The van der Waals surface area contributed by atoms with Crippen LogP contribution < -0.4 is 5.73 Å². The van der Waals surface area contributed by atoms with Gasteiger partial charge in [0.15, 0.2) is 0 Å². The van der Waals surface area contributed by atoms with Crippen LogP contribution in [-0.2, 0) is 6.42 Å². The fourth-order valence-corrected chi connectivity index (χ4v) is 1.09. The second-order valence-electron chi connectivity index (χ2n) is 3.37. The average molecular weight is 165 g/mol. The molecular formula is C10H15NO. The van der Waals surface area contributed by atoms with Crippen LogP contribution in [0.5, 0.6) is 0 Å². The van der Waals surface area contributed by atoms with Crippen molar-refractivity contribution in [2.24, 2.45) is 11.1 Å². The van der Waals surface area contributed by atoms with Gasteiger partial charge in [0.05, 0.1) is 12.5 Å². The van der Waals surface area contributed by atoms with Crippen LogP contribution in [0.4, 0.5) is 0 Å². The van der Waals surface area contributed by atoms with Gasteiger partial charge in [-0.25, -0.2) is 0 Å². The molecule has 0 bridgehead atoms. The fourth-order valence-electron chi connectivity index (χ4n) is 1.09. The lowest BCUT2D eigenvalue weighted by atomic mass is 9.85. The molecule has 0 aromatic carbocycles. The van der Waals surface area contributed by atoms with Crippen molar-refractivity contribution in [3.63, 3.8) is 0 Å². The molecule has 66 valence electrons. The molecule has 1 unspecified atom stereocenters. The predicted octanol–water partition coefficient (Wildman–Crippen LogP) is 1.97. The smallest absolute Gasteiger partial charge is 0.0934 e. The van der Waals surface area contributed by atoms with Crippen LogP contribution in [0.2, 0.25) is 0 Å². The number of hydrogen-bond acceptors (Lipinski definition) is 2. The predicted molar refractivity (Wildman–Crippen MR) is 49.8 cm³/mol. The van der Waals surface area contributed by atoms with Gasteiger partial charge in [0.2, 0.25) is 0 Å². The van der Waals surface area contributed by atoms with Crippen molar-refractivity contribution in [3.05, 3.63) is 36.8 Å². The van der Waals surface area contributed by atoms with Crippen LogP contribution in [0.3, 0.4) is 0 Å². The molecule has 0 fully saturated rings. The third-order valence-corrected chi connectivity index (χ3v) is 2.15. The molecule has 2 nitrogen and oxygen atoms in total. The molecule has 1 rings (SSSR count). The van der Waals surface area contributed by atoms with Crippen LogP contribution in [0, 0.1) is 5.41 Å². The highest BCUT2D eigenvalue weighted by molar-refractivity contribution is 5.11. The monoisotopic (exact) mass is 165 g/mol. The summed E-state index contributed by atoms with van der Waals surface area (Å²) < 4.78 is 4.97. The van der Waals surface area contributed by atoms with E-state index in [9.17, 15) is 0 Å². The lowest BCUT2D eigenvalue weighted by molar-refractivity contribution is 0.436. The molecule has 12 heavy (non-hydrogen) atoms. The first-order valence-corrected chi connectivity index (χ1v) is 4.05. The molecule has 0 aliphatic carbocycles. The van der Waals surface area contributed by atoms with Crippen molar-refractivity contribution < 1.29 is 4.42 Å². The average Bonchev–Trinajstić information content (AvgIpc) is 2.57. The SMILES string of the molecule is C=CC(C)(CN)Cc1ccoc1. The Bertz CT molecular complexity index is 240. The summed E-state index contributed by atoms with van der Waals surface area (Å²) in [6, 6.07) is 1.96. The topological polar surface area (TPSA) is 39.2 Å². The first-order chi connectivity index (χ1) is 5.70. The van der Waals surface area contributed by atoms with Gasteiger partial charge < -0.3 is 10.2 Å². The summed E-state index contributed by atoms with van der Waals surface area (Å²) in [5.41, 5.74) is 6.79. The molecule has 1 atom stereocenters. The van der Waals surface area contributed by atoms with Gasteiger partial charge in [0.25, 0.3) is 0 Å². The van der Waals surface area contributed by atoms with E-state index < -0.39 is 0 Å². The van der Waals surface area contributed by atoms with Crippen LogP contribution >= 0.6 is 0 Å². The van der Waals surface area contributed by atoms with Crippen molar-refractivity contribution in [2.45, 2.75) is 13.3 Å². The molecule has 0 saturated carbocycles. The lowest BCUT2D eigenvalue weighted by Crippen LogP contribution is -2.26. The van der Waals surface area contributed by atoms with E-state index in [4.69, 9.17) is 10.2 Å². The summed E-state index contributed by atoms with van der Waals surface area (Å²) in [5.74, 6) is 0. The Labute approximate surface area is 73.1 Å². The highest BCUT2D eigenvalue weighted by Gasteiger charge is 2.18. The highest BCUT2D eigenvalue weighted by atomic mass is 16.3. The zero-order valence-corrected chi connectivity index (χ0v) is 7.42. The van der Waals surface area contributed by atoms with E-state index in [0.717, 1.165) is 6.42 Å². The maximum absolute atomic E-state index is 5.63. The van der Waals surface area contributed by atoms with Crippen LogP contribution in [-0.4, -0.2) is 6.54 Å². The van der Waals surface area contributed by atoms with E-state index in [1.165, 1.54) is 5.56 Å².